The average Bonchev–Trinajstić information content (AvgIpc) is 3.16. The molecule has 0 saturated carbocycles. The summed E-state index contributed by atoms with van der Waals surface area (Å²) in [6.07, 6.45) is 1.67. The molecule has 1 aliphatic rings. The van der Waals surface area contributed by atoms with Gasteiger partial charge >= 0.3 is 0 Å². The molecule has 4 rings (SSSR count). The van der Waals surface area contributed by atoms with Crippen LogP contribution in [0, 0.1) is 6.92 Å². The fraction of sp³-hybridized carbons (Fsp3) is 0.167. The number of benzene rings is 2. The molecule has 0 aliphatic carbocycles. The van der Waals surface area contributed by atoms with Crippen molar-refractivity contribution in [3.63, 3.8) is 0 Å². The molecule has 3 aromatic rings. The van der Waals surface area contributed by atoms with Gasteiger partial charge in [0.05, 0.1) is 27.8 Å². The molecule has 1 unspecified atom stereocenters. The molecule has 2 aromatic carbocycles. The van der Waals surface area contributed by atoms with E-state index < -0.39 is 11.0 Å². The minimum absolute atomic E-state index is 0.535. The standard InChI is InChI=1S/C18H16ClN3O2S2/c1-12-2-4-14(19)16(10-12)22-7-8-24-17-11-13(3-5-15(17)22)26(23)21-18-20-6-9-25-18/h2-6,9-11H,7-8H2,1H3,(H,20,21). The van der Waals surface area contributed by atoms with E-state index in [2.05, 4.69) is 20.7 Å². The maximum absolute atomic E-state index is 12.5. The van der Waals surface area contributed by atoms with Gasteiger partial charge in [-0.2, -0.15) is 0 Å². The molecule has 0 spiro atoms. The number of hydrogen-bond acceptors (Lipinski definition) is 5. The highest BCUT2D eigenvalue weighted by Crippen LogP contribution is 2.40. The van der Waals surface area contributed by atoms with Gasteiger partial charge < -0.3 is 9.64 Å². The maximum atomic E-state index is 12.5. The zero-order chi connectivity index (χ0) is 18.1. The summed E-state index contributed by atoms with van der Waals surface area (Å²) in [6.45, 7) is 3.28. The predicted octanol–water partition coefficient (Wildman–Crippen LogP) is 4.77. The normalized spacial score (nSPS) is 14.5. The van der Waals surface area contributed by atoms with Gasteiger partial charge in [-0.25, -0.2) is 9.19 Å². The molecule has 0 radical (unpaired) electrons. The van der Waals surface area contributed by atoms with E-state index in [1.807, 2.05) is 42.6 Å². The third-order valence-electron chi connectivity index (χ3n) is 4.01. The Labute approximate surface area is 163 Å². The van der Waals surface area contributed by atoms with E-state index in [0.717, 1.165) is 16.9 Å². The summed E-state index contributed by atoms with van der Waals surface area (Å²) in [7, 11) is -1.40. The largest absolute Gasteiger partial charge is 0.489 e. The van der Waals surface area contributed by atoms with Crippen molar-refractivity contribution in [3.8, 4) is 5.75 Å². The topological polar surface area (TPSA) is 54.5 Å². The highest BCUT2D eigenvalue weighted by atomic mass is 35.5. The van der Waals surface area contributed by atoms with Crippen LogP contribution in [0.15, 0.2) is 52.9 Å². The van der Waals surface area contributed by atoms with Gasteiger partial charge in [0.1, 0.15) is 12.4 Å². The van der Waals surface area contributed by atoms with Crippen LogP contribution >= 0.6 is 22.9 Å². The third-order valence-corrected chi connectivity index (χ3v) is 6.21. The maximum Gasteiger partial charge on any atom is 0.194 e. The Hall–Kier alpha value is -2.09. The van der Waals surface area contributed by atoms with Gasteiger partial charge in [-0.15, -0.1) is 11.3 Å². The number of nitrogens with one attached hydrogen (secondary N) is 1. The molecule has 134 valence electrons. The fourth-order valence-electron chi connectivity index (χ4n) is 2.81. The molecular formula is C18H16ClN3O2S2. The molecule has 5 nitrogen and oxygen atoms in total. The summed E-state index contributed by atoms with van der Waals surface area (Å²) < 4.78 is 21.2. The van der Waals surface area contributed by atoms with Crippen LogP contribution in [0.25, 0.3) is 0 Å². The summed E-state index contributed by atoms with van der Waals surface area (Å²) in [5, 5.41) is 3.15. The lowest BCUT2D eigenvalue weighted by Gasteiger charge is -2.32. The van der Waals surface area contributed by atoms with Gasteiger partial charge in [-0.05, 0) is 36.8 Å². The smallest absolute Gasteiger partial charge is 0.194 e. The molecule has 8 heteroatoms. The summed E-state index contributed by atoms with van der Waals surface area (Å²) in [4.78, 5) is 6.87. The quantitative estimate of drug-likeness (QED) is 0.679. The van der Waals surface area contributed by atoms with Crippen LogP contribution in [0.4, 0.5) is 16.5 Å². The van der Waals surface area contributed by atoms with Crippen molar-refractivity contribution in [3.05, 3.63) is 58.6 Å². The Morgan fingerprint density at radius 3 is 2.96 bits per heavy atom. The SMILES string of the molecule is Cc1ccc(Cl)c(N2CCOc3cc(S(=O)Nc4nccs4)ccc32)c1. The minimum Gasteiger partial charge on any atom is -0.489 e. The number of nitrogens with zero attached hydrogens (tertiary/aromatic N) is 2. The lowest BCUT2D eigenvalue weighted by atomic mass is 10.1. The first-order chi connectivity index (χ1) is 12.6. The first-order valence-electron chi connectivity index (χ1n) is 8.00. The number of aryl methyl sites for hydroxylation is 1. The second-order valence-corrected chi connectivity index (χ2v) is 8.31. The first-order valence-corrected chi connectivity index (χ1v) is 10.4. The van der Waals surface area contributed by atoms with Crippen molar-refractivity contribution in [2.45, 2.75) is 11.8 Å². The van der Waals surface area contributed by atoms with Gasteiger partial charge in [0.2, 0.25) is 0 Å². The molecule has 1 atom stereocenters. The lowest BCUT2D eigenvalue weighted by molar-refractivity contribution is 0.313. The van der Waals surface area contributed by atoms with E-state index in [1.165, 1.54) is 11.3 Å². The highest BCUT2D eigenvalue weighted by molar-refractivity contribution is 7.86. The van der Waals surface area contributed by atoms with Gasteiger partial charge in [0.15, 0.2) is 16.1 Å². The summed E-state index contributed by atoms with van der Waals surface area (Å²) in [5.41, 5.74) is 3.01. The highest BCUT2D eigenvalue weighted by Gasteiger charge is 2.22. The number of hydrogen-bond donors (Lipinski definition) is 1. The van der Waals surface area contributed by atoms with Crippen LogP contribution in [0.5, 0.6) is 5.75 Å². The molecule has 0 bridgehead atoms. The first kappa shape index (κ1) is 17.3. The summed E-state index contributed by atoms with van der Waals surface area (Å²) in [5.74, 6) is 0.695. The number of rotatable bonds is 4. The van der Waals surface area contributed by atoms with Gasteiger partial charge in [0.25, 0.3) is 0 Å². The number of fused-ring (bicyclic) bond motifs is 1. The predicted molar refractivity (Wildman–Crippen MR) is 107 cm³/mol. The zero-order valence-electron chi connectivity index (χ0n) is 13.9. The summed E-state index contributed by atoms with van der Waals surface area (Å²) in [6, 6.07) is 11.5. The van der Waals surface area contributed by atoms with E-state index in [9.17, 15) is 4.21 Å². The Balaban J connectivity index is 1.65. The van der Waals surface area contributed by atoms with Crippen LogP contribution in [0.3, 0.4) is 0 Å². The van der Waals surface area contributed by atoms with Crippen molar-refractivity contribution in [2.24, 2.45) is 0 Å². The second kappa shape index (κ2) is 7.26. The van der Waals surface area contributed by atoms with Gasteiger partial charge in [-0.1, -0.05) is 17.7 Å². The van der Waals surface area contributed by atoms with Crippen molar-refractivity contribution in [2.75, 3.05) is 22.8 Å². The summed E-state index contributed by atoms with van der Waals surface area (Å²) >= 11 is 7.82. The number of anilines is 3. The lowest BCUT2D eigenvalue weighted by Crippen LogP contribution is -2.29. The Morgan fingerprint density at radius 2 is 2.15 bits per heavy atom. The van der Waals surface area contributed by atoms with Crippen LogP contribution in [-0.2, 0) is 11.0 Å². The fourth-order valence-corrected chi connectivity index (χ4v) is 4.55. The molecule has 1 N–H and O–H groups in total. The van der Waals surface area contributed by atoms with E-state index in [0.29, 0.717) is 34.0 Å². The van der Waals surface area contributed by atoms with Crippen molar-refractivity contribution >= 4 is 50.4 Å². The molecule has 26 heavy (non-hydrogen) atoms. The molecule has 0 fully saturated rings. The van der Waals surface area contributed by atoms with Gasteiger partial charge in [-0.3, -0.25) is 4.72 Å². The molecule has 0 amide bonds. The Morgan fingerprint density at radius 1 is 1.27 bits per heavy atom. The van der Waals surface area contributed by atoms with Gasteiger partial charge in [0, 0.05) is 17.6 Å². The van der Waals surface area contributed by atoms with Crippen LogP contribution < -0.4 is 14.4 Å². The number of thiazole rings is 1. The number of ether oxygens (including phenoxy) is 1. The van der Waals surface area contributed by atoms with E-state index in [1.54, 1.807) is 6.20 Å². The number of aromatic nitrogens is 1. The van der Waals surface area contributed by atoms with Crippen molar-refractivity contribution in [1.29, 1.82) is 0 Å². The molecular weight excluding hydrogens is 390 g/mol. The Bertz CT molecular complexity index is 963. The monoisotopic (exact) mass is 405 g/mol. The molecule has 2 heterocycles. The van der Waals surface area contributed by atoms with E-state index in [4.69, 9.17) is 16.3 Å². The molecule has 0 saturated heterocycles. The van der Waals surface area contributed by atoms with Crippen LogP contribution in [0.1, 0.15) is 5.56 Å². The van der Waals surface area contributed by atoms with Crippen molar-refractivity contribution < 1.29 is 8.95 Å². The van der Waals surface area contributed by atoms with E-state index in [-0.39, 0.29) is 0 Å². The van der Waals surface area contributed by atoms with E-state index >= 15 is 0 Å². The van der Waals surface area contributed by atoms with Crippen LogP contribution in [0.2, 0.25) is 5.02 Å². The second-order valence-electron chi connectivity index (χ2n) is 5.79. The zero-order valence-corrected chi connectivity index (χ0v) is 16.3. The Kier molecular flexibility index (Phi) is 4.84. The minimum atomic E-state index is -1.40. The van der Waals surface area contributed by atoms with Crippen molar-refractivity contribution in [1.82, 2.24) is 4.98 Å². The third kappa shape index (κ3) is 3.42. The number of halogens is 1. The average molecular weight is 406 g/mol. The molecule has 1 aliphatic heterocycles. The van der Waals surface area contributed by atoms with Crippen LogP contribution in [-0.4, -0.2) is 22.3 Å². The molecule has 1 aromatic heterocycles.